The molecule has 1 rings (SSSR count). The van der Waals surface area contributed by atoms with E-state index in [2.05, 4.69) is 10.1 Å². The molecule has 0 radical (unpaired) electrons. The average Bonchev–Trinajstić information content (AvgIpc) is 2.54. The maximum absolute atomic E-state index is 12.1. The van der Waals surface area contributed by atoms with E-state index in [0.29, 0.717) is 12.8 Å². The Morgan fingerprint density at radius 3 is 2.42 bits per heavy atom. The highest BCUT2D eigenvalue weighted by Crippen LogP contribution is 2.15. The van der Waals surface area contributed by atoms with Gasteiger partial charge in [-0.1, -0.05) is 50.1 Å². The number of hydrogen-bond donors (Lipinski definition) is 1. The van der Waals surface area contributed by atoms with Crippen LogP contribution in [0, 0.1) is 0 Å². The molecular formula is C16H20F3NO4. The molecule has 1 atom stereocenters. The van der Waals surface area contributed by atoms with E-state index in [1.807, 2.05) is 6.92 Å². The number of esters is 1. The maximum atomic E-state index is 12.1. The van der Waals surface area contributed by atoms with Crippen molar-refractivity contribution >= 4 is 12.1 Å². The van der Waals surface area contributed by atoms with E-state index in [1.165, 1.54) is 0 Å². The van der Waals surface area contributed by atoms with Crippen molar-refractivity contribution in [3.05, 3.63) is 35.9 Å². The van der Waals surface area contributed by atoms with Gasteiger partial charge in [-0.05, 0) is 12.0 Å². The first-order valence-corrected chi connectivity index (χ1v) is 7.52. The van der Waals surface area contributed by atoms with Gasteiger partial charge in [-0.2, -0.15) is 13.2 Å². The molecule has 0 saturated carbocycles. The second-order valence-electron chi connectivity index (χ2n) is 5.12. The molecule has 0 aromatic heterocycles. The van der Waals surface area contributed by atoms with Crippen LogP contribution in [0.25, 0.3) is 0 Å². The monoisotopic (exact) mass is 347 g/mol. The number of alkyl halides is 3. The predicted octanol–water partition coefficient (Wildman–Crippen LogP) is 3.58. The van der Waals surface area contributed by atoms with Gasteiger partial charge in [0.25, 0.3) is 0 Å². The molecule has 1 N–H and O–H groups in total. The van der Waals surface area contributed by atoms with Gasteiger partial charge < -0.3 is 14.8 Å². The first-order chi connectivity index (χ1) is 11.3. The second kappa shape index (κ2) is 9.79. The summed E-state index contributed by atoms with van der Waals surface area (Å²) in [5, 5.41) is 2.26. The van der Waals surface area contributed by atoms with Crippen molar-refractivity contribution in [1.29, 1.82) is 0 Å². The van der Waals surface area contributed by atoms with Gasteiger partial charge in [-0.3, -0.25) is 0 Å². The first-order valence-electron chi connectivity index (χ1n) is 7.52. The minimum atomic E-state index is -4.61. The fourth-order valence-electron chi connectivity index (χ4n) is 1.82. The number of alkyl carbamates (subject to hydrolysis) is 1. The van der Waals surface area contributed by atoms with E-state index < -0.39 is 30.9 Å². The van der Waals surface area contributed by atoms with E-state index in [4.69, 9.17) is 4.74 Å². The Labute approximate surface area is 138 Å². The Morgan fingerprint density at radius 1 is 1.17 bits per heavy atom. The molecule has 0 heterocycles. The van der Waals surface area contributed by atoms with Crippen LogP contribution in [-0.4, -0.2) is 30.9 Å². The Balaban J connectivity index is 2.51. The van der Waals surface area contributed by atoms with Crippen LogP contribution in [0.2, 0.25) is 0 Å². The topological polar surface area (TPSA) is 64.6 Å². The molecule has 5 nitrogen and oxygen atoms in total. The van der Waals surface area contributed by atoms with Crippen LogP contribution < -0.4 is 5.32 Å². The molecule has 0 bridgehead atoms. The van der Waals surface area contributed by atoms with Gasteiger partial charge in [-0.15, -0.1) is 0 Å². The summed E-state index contributed by atoms with van der Waals surface area (Å²) in [6, 6.07) is 7.68. The van der Waals surface area contributed by atoms with Crippen LogP contribution in [-0.2, 0) is 20.9 Å². The molecule has 1 aromatic carbocycles. The third-order valence-corrected chi connectivity index (χ3v) is 3.01. The quantitative estimate of drug-likeness (QED) is 0.730. The van der Waals surface area contributed by atoms with Crippen LogP contribution in [0.5, 0.6) is 0 Å². The van der Waals surface area contributed by atoms with Crippen molar-refractivity contribution in [2.75, 3.05) is 6.61 Å². The number of halogens is 3. The van der Waals surface area contributed by atoms with Gasteiger partial charge in [0.15, 0.2) is 6.61 Å². The van der Waals surface area contributed by atoms with E-state index in [9.17, 15) is 22.8 Å². The van der Waals surface area contributed by atoms with Gasteiger partial charge in [-0.25, -0.2) is 9.59 Å². The zero-order valence-corrected chi connectivity index (χ0v) is 13.3. The molecule has 1 aromatic rings. The molecule has 0 aliphatic heterocycles. The number of nitrogens with one attached hydrogen (secondary N) is 1. The highest BCUT2D eigenvalue weighted by Gasteiger charge is 2.32. The van der Waals surface area contributed by atoms with Gasteiger partial charge in [0.2, 0.25) is 0 Å². The average molecular weight is 347 g/mol. The summed E-state index contributed by atoms with van der Waals surface area (Å²) in [7, 11) is 0. The highest BCUT2D eigenvalue weighted by molar-refractivity contribution is 5.81. The predicted molar refractivity (Wildman–Crippen MR) is 80.1 cm³/mol. The Bertz CT molecular complexity index is 520. The van der Waals surface area contributed by atoms with Crippen molar-refractivity contribution in [2.24, 2.45) is 0 Å². The summed E-state index contributed by atoms with van der Waals surface area (Å²) in [6.07, 6.45) is -4.06. The molecule has 0 saturated heterocycles. The van der Waals surface area contributed by atoms with Crippen molar-refractivity contribution in [2.45, 2.75) is 45.0 Å². The van der Waals surface area contributed by atoms with E-state index in [1.54, 1.807) is 30.3 Å². The van der Waals surface area contributed by atoms with Gasteiger partial charge in [0.1, 0.15) is 12.6 Å². The number of ether oxygens (including phenoxy) is 2. The smallest absolute Gasteiger partial charge is 0.422 e. The van der Waals surface area contributed by atoms with E-state index in [-0.39, 0.29) is 13.0 Å². The van der Waals surface area contributed by atoms with Gasteiger partial charge in [0.05, 0.1) is 0 Å². The number of rotatable bonds is 8. The fraction of sp³-hybridized carbons (Fsp3) is 0.500. The standard InChI is InChI=1S/C16H20F3NO4/c1-2-3-9-13(14(21)24-11-16(17,18)19)20-15(22)23-10-12-7-5-4-6-8-12/h4-8,13H,2-3,9-11H2,1H3,(H,20,22)/t13-/m1/s1. The Hall–Kier alpha value is -2.25. The number of amides is 1. The molecule has 0 spiro atoms. The number of carbonyl (C=O) groups is 2. The van der Waals surface area contributed by atoms with Crippen LogP contribution >= 0.6 is 0 Å². The molecular weight excluding hydrogens is 327 g/mol. The number of hydrogen-bond acceptors (Lipinski definition) is 4. The third kappa shape index (κ3) is 8.40. The van der Waals surface area contributed by atoms with Crippen molar-refractivity contribution < 1.29 is 32.2 Å². The summed E-state index contributed by atoms with van der Waals surface area (Å²) >= 11 is 0. The number of unbranched alkanes of at least 4 members (excludes halogenated alkanes) is 1. The SMILES string of the molecule is CCCC[C@@H](NC(=O)OCc1ccccc1)C(=O)OCC(F)(F)F. The minimum absolute atomic E-state index is 0.00916. The lowest BCUT2D eigenvalue weighted by Crippen LogP contribution is -2.43. The van der Waals surface area contributed by atoms with Crippen molar-refractivity contribution in [3.63, 3.8) is 0 Å². The van der Waals surface area contributed by atoms with E-state index >= 15 is 0 Å². The van der Waals surface area contributed by atoms with Gasteiger partial charge in [0, 0.05) is 0 Å². The van der Waals surface area contributed by atoms with Crippen LogP contribution in [0.1, 0.15) is 31.7 Å². The zero-order chi connectivity index (χ0) is 18.0. The highest BCUT2D eigenvalue weighted by atomic mass is 19.4. The number of carbonyl (C=O) groups excluding carboxylic acids is 2. The minimum Gasteiger partial charge on any atom is -0.455 e. The first kappa shape index (κ1) is 19.8. The lowest BCUT2D eigenvalue weighted by atomic mass is 10.1. The summed E-state index contributed by atoms with van der Waals surface area (Å²) in [6.45, 7) is 0.159. The lowest BCUT2D eigenvalue weighted by Gasteiger charge is -2.18. The lowest BCUT2D eigenvalue weighted by molar-refractivity contribution is -0.187. The summed E-state index contributed by atoms with van der Waals surface area (Å²) in [4.78, 5) is 23.4. The molecule has 24 heavy (non-hydrogen) atoms. The normalized spacial score (nSPS) is 12.3. The van der Waals surface area contributed by atoms with Crippen molar-refractivity contribution in [3.8, 4) is 0 Å². The van der Waals surface area contributed by atoms with Gasteiger partial charge >= 0.3 is 18.2 Å². The maximum Gasteiger partial charge on any atom is 0.422 e. The molecule has 134 valence electrons. The third-order valence-electron chi connectivity index (χ3n) is 3.01. The molecule has 0 aliphatic rings. The second-order valence-corrected chi connectivity index (χ2v) is 5.12. The van der Waals surface area contributed by atoms with Crippen LogP contribution in [0.4, 0.5) is 18.0 Å². The molecule has 0 aliphatic carbocycles. The van der Waals surface area contributed by atoms with Crippen molar-refractivity contribution in [1.82, 2.24) is 5.32 Å². The summed E-state index contributed by atoms with van der Waals surface area (Å²) in [5.41, 5.74) is 0.748. The largest absolute Gasteiger partial charge is 0.455 e. The number of benzene rings is 1. The van der Waals surface area contributed by atoms with Crippen LogP contribution in [0.15, 0.2) is 30.3 Å². The van der Waals surface area contributed by atoms with E-state index in [0.717, 1.165) is 5.56 Å². The summed E-state index contributed by atoms with van der Waals surface area (Å²) in [5.74, 6) is -1.13. The molecule has 8 heteroatoms. The molecule has 0 fully saturated rings. The molecule has 0 unspecified atom stereocenters. The fourth-order valence-corrected chi connectivity index (χ4v) is 1.82. The Kier molecular flexibility index (Phi) is 8.08. The zero-order valence-electron chi connectivity index (χ0n) is 13.3. The van der Waals surface area contributed by atoms with Crippen LogP contribution in [0.3, 0.4) is 0 Å². The molecule has 1 amide bonds. The summed E-state index contributed by atoms with van der Waals surface area (Å²) < 4.78 is 45.5. The Morgan fingerprint density at radius 2 is 1.83 bits per heavy atom.